The normalized spacial score (nSPS) is 10.5. The van der Waals surface area contributed by atoms with E-state index in [4.69, 9.17) is 9.84 Å². The molecule has 0 saturated carbocycles. The summed E-state index contributed by atoms with van der Waals surface area (Å²) in [6, 6.07) is 6.04. The molecule has 2 rings (SSSR count). The minimum atomic E-state index is 0.0894. The van der Waals surface area contributed by atoms with Crippen LogP contribution in [-0.4, -0.2) is 28.6 Å². The van der Waals surface area contributed by atoms with Gasteiger partial charge in [0.15, 0.2) is 0 Å². The van der Waals surface area contributed by atoms with Gasteiger partial charge in [-0.2, -0.15) is 5.10 Å². The minimum absolute atomic E-state index is 0.0894. The number of ether oxygens (including phenoxy) is 1. The van der Waals surface area contributed by atoms with Gasteiger partial charge >= 0.3 is 0 Å². The molecule has 0 bridgehead atoms. The Morgan fingerprint density at radius 3 is 2.94 bits per heavy atom. The van der Waals surface area contributed by atoms with E-state index in [-0.39, 0.29) is 6.61 Å². The molecule has 0 radical (unpaired) electrons. The molecule has 0 saturated heterocycles. The van der Waals surface area contributed by atoms with Gasteiger partial charge in [0.2, 0.25) is 0 Å². The Kier molecular flexibility index (Phi) is 3.44. The van der Waals surface area contributed by atoms with Crippen LogP contribution in [0.3, 0.4) is 0 Å². The quantitative estimate of drug-likeness (QED) is 0.875. The van der Waals surface area contributed by atoms with Crippen LogP contribution in [0, 0.1) is 6.92 Å². The molecule has 0 unspecified atom stereocenters. The van der Waals surface area contributed by atoms with E-state index in [1.165, 1.54) is 5.56 Å². The van der Waals surface area contributed by atoms with Crippen molar-refractivity contribution in [3.63, 3.8) is 0 Å². The van der Waals surface area contributed by atoms with Crippen molar-refractivity contribution in [3.05, 3.63) is 36.2 Å². The summed E-state index contributed by atoms with van der Waals surface area (Å²) < 4.78 is 7.06. The third-order valence-electron chi connectivity index (χ3n) is 2.63. The van der Waals surface area contributed by atoms with E-state index in [0.717, 1.165) is 16.9 Å². The maximum Gasteiger partial charge on any atom is 0.126 e. The van der Waals surface area contributed by atoms with E-state index in [9.17, 15) is 0 Å². The summed E-state index contributed by atoms with van der Waals surface area (Å²) in [5.41, 5.74) is 3.20. The van der Waals surface area contributed by atoms with Crippen LogP contribution in [0.25, 0.3) is 11.1 Å². The number of methoxy groups -OCH3 is 1. The van der Waals surface area contributed by atoms with Gasteiger partial charge in [0, 0.05) is 17.3 Å². The summed E-state index contributed by atoms with van der Waals surface area (Å²) in [6.07, 6.45) is 3.69. The maximum absolute atomic E-state index is 8.86. The van der Waals surface area contributed by atoms with Gasteiger partial charge in [-0.1, -0.05) is 11.6 Å². The second kappa shape index (κ2) is 5.01. The number of aliphatic hydroxyl groups excluding tert-OH is 1. The van der Waals surface area contributed by atoms with Crippen molar-refractivity contribution < 1.29 is 9.84 Å². The molecule has 90 valence electrons. The first-order valence-electron chi connectivity index (χ1n) is 5.53. The Morgan fingerprint density at radius 2 is 2.24 bits per heavy atom. The molecule has 1 N–H and O–H groups in total. The van der Waals surface area contributed by atoms with Gasteiger partial charge in [0.25, 0.3) is 0 Å². The second-order valence-corrected chi connectivity index (χ2v) is 3.92. The topological polar surface area (TPSA) is 47.3 Å². The fraction of sp³-hybridized carbons (Fsp3) is 0.308. The average molecular weight is 232 g/mol. The molecule has 0 aliphatic heterocycles. The van der Waals surface area contributed by atoms with E-state index >= 15 is 0 Å². The lowest BCUT2D eigenvalue weighted by Crippen LogP contribution is -2.01. The first-order chi connectivity index (χ1) is 8.24. The van der Waals surface area contributed by atoms with Crippen molar-refractivity contribution in [2.75, 3.05) is 13.7 Å². The van der Waals surface area contributed by atoms with Gasteiger partial charge < -0.3 is 9.84 Å². The van der Waals surface area contributed by atoms with Crippen LogP contribution in [0.15, 0.2) is 30.6 Å². The van der Waals surface area contributed by atoms with Gasteiger partial charge in [-0.3, -0.25) is 4.68 Å². The fourth-order valence-electron chi connectivity index (χ4n) is 1.77. The Labute approximate surface area is 100 Å². The van der Waals surface area contributed by atoms with Crippen molar-refractivity contribution in [1.29, 1.82) is 0 Å². The van der Waals surface area contributed by atoms with Crippen LogP contribution in [0.2, 0.25) is 0 Å². The molecular weight excluding hydrogens is 216 g/mol. The number of benzene rings is 1. The largest absolute Gasteiger partial charge is 0.496 e. The molecule has 4 heteroatoms. The van der Waals surface area contributed by atoms with E-state index < -0.39 is 0 Å². The fourth-order valence-corrected chi connectivity index (χ4v) is 1.77. The highest BCUT2D eigenvalue weighted by atomic mass is 16.5. The van der Waals surface area contributed by atoms with Crippen LogP contribution in [-0.2, 0) is 6.54 Å². The highest BCUT2D eigenvalue weighted by Crippen LogP contribution is 2.30. The predicted octanol–water partition coefficient (Wildman–Crippen LogP) is 1.86. The summed E-state index contributed by atoms with van der Waals surface area (Å²) >= 11 is 0. The first kappa shape index (κ1) is 11.7. The van der Waals surface area contributed by atoms with Crippen molar-refractivity contribution in [1.82, 2.24) is 9.78 Å². The van der Waals surface area contributed by atoms with Crippen molar-refractivity contribution in [3.8, 4) is 16.9 Å². The number of hydrogen-bond acceptors (Lipinski definition) is 3. The molecular formula is C13H16N2O2. The number of aromatic nitrogens is 2. The summed E-state index contributed by atoms with van der Waals surface area (Å²) in [6.45, 7) is 2.64. The third-order valence-corrected chi connectivity index (χ3v) is 2.63. The lowest BCUT2D eigenvalue weighted by Gasteiger charge is -2.07. The maximum atomic E-state index is 8.86. The van der Waals surface area contributed by atoms with E-state index in [2.05, 4.69) is 11.2 Å². The third kappa shape index (κ3) is 2.47. The van der Waals surface area contributed by atoms with E-state index in [0.29, 0.717) is 6.54 Å². The summed E-state index contributed by atoms with van der Waals surface area (Å²) in [4.78, 5) is 0. The predicted molar refractivity (Wildman–Crippen MR) is 66.0 cm³/mol. The Hall–Kier alpha value is -1.81. The molecule has 1 heterocycles. The zero-order valence-electron chi connectivity index (χ0n) is 10.1. The molecule has 0 aliphatic carbocycles. The SMILES string of the molecule is COc1ccc(C)cc1-c1cnn(CCO)c1. The van der Waals surface area contributed by atoms with Gasteiger partial charge in [-0.25, -0.2) is 0 Å². The van der Waals surface area contributed by atoms with E-state index in [1.54, 1.807) is 18.0 Å². The average Bonchev–Trinajstić information content (AvgIpc) is 2.78. The molecule has 4 nitrogen and oxygen atoms in total. The number of aliphatic hydroxyl groups is 1. The lowest BCUT2D eigenvalue weighted by atomic mass is 10.1. The Balaban J connectivity index is 2.40. The highest BCUT2D eigenvalue weighted by molar-refractivity contribution is 5.70. The number of aryl methyl sites for hydroxylation is 1. The smallest absolute Gasteiger partial charge is 0.126 e. The Morgan fingerprint density at radius 1 is 1.41 bits per heavy atom. The molecule has 0 aliphatic rings. The summed E-state index contributed by atoms with van der Waals surface area (Å²) in [5, 5.41) is 13.0. The molecule has 1 aromatic heterocycles. The second-order valence-electron chi connectivity index (χ2n) is 3.92. The minimum Gasteiger partial charge on any atom is -0.496 e. The molecule has 0 spiro atoms. The van der Waals surface area contributed by atoms with Crippen LogP contribution in [0.5, 0.6) is 5.75 Å². The van der Waals surface area contributed by atoms with Crippen molar-refractivity contribution in [2.45, 2.75) is 13.5 Å². The van der Waals surface area contributed by atoms with Crippen LogP contribution >= 0.6 is 0 Å². The molecule has 2 aromatic rings. The van der Waals surface area contributed by atoms with Gasteiger partial charge in [0.1, 0.15) is 5.75 Å². The Bertz CT molecular complexity index is 506. The van der Waals surface area contributed by atoms with E-state index in [1.807, 2.05) is 25.3 Å². The highest BCUT2D eigenvalue weighted by Gasteiger charge is 2.08. The zero-order valence-corrected chi connectivity index (χ0v) is 10.1. The number of nitrogens with zero attached hydrogens (tertiary/aromatic N) is 2. The standard InChI is InChI=1S/C13H16N2O2/c1-10-3-4-13(17-2)12(7-10)11-8-14-15(9-11)5-6-16/h3-4,7-9,16H,5-6H2,1-2H3. The molecule has 0 fully saturated rings. The molecule has 1 aromatic carbocycles. The number of hydrogen-bond donors (Lipinski definition) is 1. The summed E-state index contributed by atoms with van der Waals surface area (Å²) in [5.74, 6) is 0.833. The van der Waals surface area contributed by atoms with Crippen molar-refractivity contribution in [2.24, 2.45) is 0 Å². The molecule has 0 amide bonds. The van der Waals surface area contributed by atoms with Gasteiger partial charge in [-0.05, 0) is 19.1 Å². The lowest BCUT2D eigenvalue weighted by molar-refractivity contribution is 0.269. The zero-order chi connectivity index (χ0) is 12.3. The van der Waals surface area contributed by atoms with Gasteiger partial charge in [-0.15, -0.1) is 0 Å². The first-order valence-corrected chi connectivity index (χ1v) is 5.53. The summed E-state index contributed by atoms with van der Waals surface area (Å²) in [7, 11) is 1.66. The molecule has 0 atom stereocenters. The number of rotatable bonds is 4. The van der Waals surface area contributed by atoms with Crippen molar-refractivity contribution >= 4 is 0 Å². The monoisotopic (exact) mass is 232 g/mol. The van der Waals surface area contributed by atoms with Gasteiger partial charge in [0.05, 0.1) is 26.5 Å². The van der Waals surface area contributed by atoms with Crippen LogP contribution < -0.4 is 4.74 Å². The van der Waals surface area contributed by atoms with Crippen LogP contribution in [0.1, 0.15) is 5.56 Å². The molecule has 17 heavy (non-hydrogen) atoms. The van der Waals surface area contributed by atoms with Crippen LogP contribution in [0.4, 0.5) is 0 Å².